The van der Waals surface area contributed by atoms with Gasteiger partial charge in [-0.15, -0.1) is 11.3 Å². The van der Waals surface area contributed by atoms with Gasteiger partial charge in [-0.05, 0) is 36.4 Å². The molecule has 2 aromatic heterocycles. The van der Waals surface area contributed by atoms with Crippen molar-refractivity contribution < 1.29 is 27.5 Å². The van der Waals surface area contributed by atoms with Gasteiger partial charge in [0.25, 0.3) is 11.8 Å². The maximum Gasteiger partial charge on any atom is 0.387 e. The molecule has 3 aromatic rings. The summed E-state index contributed by atoms with van der Waals surface area (Å²) >= 11 is 1.03. The number of hydrogen-bond acceptors (Lipinski definition) is 5. The van der Waals surface area contributed by atoms with Gasteiger partial charge in [-0.3, -0.25) is 9.59 Å². The smallest absolute Gasteiger partial charge is 0.387 e. The Balaban J connectivity index is 1.68. The normalized spacial score (nSPS) is 10.6. The summed E-state index contributed by atoms with van der Waals surface area (Å²) in [5.74, 6) is -0.959. The first kappa shape index (κ1) is 17.6. The molecule has 0 fully saturated rings. The average Bonchev–Trinajstić information content (AvgIpc) is 3.27. The molecule has 0 atom stereocenters. The number of rotatable bonds is 6. The van der Waals surface area contributed by atoms with Gasteiger partial charge in [-0.25, -0.2) is 0 Å². The van der Waals surface area contributed by atoms with Crippen molar-refractivity contribution in [2.75, 3.05) is 10.6 Å². The Hall–Kier alpha value is -3.20. The highest BCUT2D eigenvalue weighted by Crippen LogP contribution is 2.28. The molecule has 2 amide bonds. The van der Waals surface area contributed by atoms with Crippen LogP contribution in [0.1, 0.15) is 20.2 Å². The zero-order chi connectivity index (χ0) is 18.5. The van der Waals surface area contributed by atoms with Crippen LogP contribution < -0.4 is 15.4 Å². The fraction of sp³-hybridized carbons (Fsp3) is 0.0588. The minimum absolute atomic E-state index is 0.118. The van der Waals surface area contributed by atoms with E-state index >= 15 is 0 Å². The standard InChI is InChI=1S/C17H12F2N2O4S/c18-17(19)25-11-5-2-1-4-10(11)20-16(23)13-7-8-14(26-13)21-15(22)12-6-3-9-24-12/h1-9,17H,(H,20,23)(H,21,22). The maximum atomic E-state index is 12.4. The molecule has 0 aliphatic heterocycles. The minimum Gasteiger partial charge on any atom is -0.459 e. The van der Waals surface area contributed by atoms with Crippen molar-refractivity contribution in [3.8, 4) is 5.75 Å². The number of furan rings is 1. The highest BCUT2D eigenvalue weighted by molar-refractivity contribution is 7.18. The molecule has 134 valence electrons. The summed E-state index contributed by atoms with van der Waals surface area (Å²) in [5.41, 5.74) is 0.118. The number of para-hydroxylation sites is 2. The number of halogens is 2. The molecule has 0 aliphatic rings. The van der Waals surface area contributed by atoms with Crippen molar-refractivity contribution in [3.63, 3.8) is 0 Å². The van der Waals surface area contributed by atoms with Crippen LogP contribution in [0.25, 0.3) is 0 Å². The van der Waals surface area contributed by atoms with E-state index in [-0.39, 0.29) is 22.1 Å². The van der Waals surface area contributed by atoms with E-state index in [9.17, 15) is 18.4 Å². The molecule has 2 heterocycles. The van der Waals surface area contributed by atoms with E-state index in [1.54, 1.807) is 18.2 Å². The number of thiophene rings is 1. The van der Waals surface area contributed by atoms with E-state index in [1.807, 2.05) is 0 Å². The van der Waals surface area contributed by atoms with Gasteiger partial charge in [0.15, 0.2) is 5.76 Å². The molecule has 6 nitrogen and oxygen atoms in total. The Morgan fingerprint density at radius 2 is 1.81 bits per heavy atom. The van der Waals surface area contributed by atoms with Crippen molar-refractivity contribution in [2.45, 2.75) is 6.61 Å². The first-order valence-electron chi connectivity index (χ1n) is 7.33. The average molecular weight is 378 g/mol. The fourth-order valence-corrected chi connectivity index (χ4v) is 2.86. The van der Waals surface area contributed by atoms with E-state index in [2.05, 4.69) is 15.4 Å². The SMILES string of the molecule is O=C(Nc1ccc(C(=O)Nc2ccccc2OC(F)F)s1)c1ccco1. The molecular formula is C17H12F2N2O4S. The number of ether oxygens (including phenoxy) is 1. The van der Waals surface area contributed by atoms with Crippen LogP contribution in [-0.2, 0) is 0 Å². The summed E-state index contributed by atoms with van der Waals surface area (Å²) in [6.07, 6.45) is 1.38. The number of amides is 2. The lowest BCUT2D eigenvalue weighted by atomic mass is 10.3. The molecule has 3 rings (SSSR count). The van der Waals surface area contributed by atoms with Gasteiger partial charge in [0, 0.05) is 0 Å². The first-order valence-corrected chi connectivity index (χ1v) is 8.14. The van der Waals surface area contributed by atoms with E-state index in [1.165, 1.54) is 36.6 Å². The van der Waals surface area contributed by atoms with Crippen molar-refractivity contribution in [1.82, 2.24) is 0 Å². The van der Waals surface area contributed by atoms with E-state index < -0.39 is 18.4 Å². The van der Waals surface area contributed by atoms with Crippen LogP contribution >= 0.6 is 11.3 Å². The van der Waals surface area contributed by atoms with Crippen LogP contribution in [0.5, 0.6) is 5.75 Å². The number of benzene rings is 1. The molecule has 9 heteroatoms. The second kappa shape index (κ2) is 7.79. The molecule has 0 unspecified atom stereocenters. The number of carbonyl (C=O) groups is 2. The predicted molar refractivity (Wildman–Crippen MR) is 92.0 cm³/mol. The van der Waals surface area contributed by atoms with Crippen LogP contribution in [0.4, 0.5) is 19.5 Å². The molecule has 0 bridgehead atoms. The number of carbonyl (C=O) groups excluding carboxylic acids is 2. The third kappa shape index (κ3) is 4.25. The summed E-state index contributed by atoms with van der Waals surface area (Å²) in [6.45, 7) is -3.00. The van der Waals surface area contributed by atoms with Gasteiger partial charge in [0.1, 0.15) is 5.75 Å². The zero-order valence-electron chi connectivity index (χ0n) is 13.1. The summed E-state index contributed by atoms with van der Waals surface area (Å²) in [5, 5.41) is 5.55. The van der Waals surface area contributed by atoms with E-state index in [0.717, 1.165) is 11.3 Å². The molecule has 0 spiro atoms. The monoisotopic (exact) mass is 378 g/mol. The van der Waals surface area contributed by atoms with Crippen LogP contribution in [0, 0.1) is 0 Å². The number of nitrogens with one attached hydrogen (secondary N) is 2. The molecule has 0 aliphatic carbocycles. The van der Waals surface area contributed by atoms with Crippen LogP contribution in [0.2, 0.25) is 0 Å². The van der Waals surface area contributed by atoms with Crippen LogP contribution in [-0.4, -0.2) is 18.4 Å². The van der Waals surface area contributed by atoms with E-state index in [4.69, 9.17) is 4.42 Å². The minimum atomic E-state index is -3.00. The van der Waals surface area contributed by atoms with Crippen molar-refractivity contribution in [2.24, 2.45) is 0 Å². The maximum absolute atomic E-state index is 12.4. The number of anilines is 2. The van der Waals surface area contributed by atoms with Gasteiger partial charge in [0.2, 0.25) is 0 Å². The third-order valence-electron chi connectivity index (χ3n) is 3.16. The molecule has 0 saturated heterocycles. The predicted octanol–water partition coefficient (Wildman–Crippen LogP) is 4.45. The summed E-state index contributed by atoms with van der Waals surface area (Å²) in [6, 6.07) is 12.0. The zero-order valence-corrected chi connectivity index (χ0v) is 13.9. The Labute approximate surface area is 150 Å². The molecule has 26 heavy (non-hydrogen) atoms. The van der Waals surface area contributed by atoms with Crippen molar-refractivity contribution >= 4 is 33.8 Å². The molecule has 2 N–H and O–H groups in total. The fourth-order valence-electron chi connectivity index (χ4n) is 2.06. The molecular weight excluding hydrogens is 366 g/mol. The lowest BCUT2D eigenvalue weighted by molar-refractivity contribution is -0.0493. The van der Waals surface area contributed by atoms with Crippen LogP contribution in [0.15, 0.2) is 59.2 Å². The van der Waals surface area contributed by atoms with Crippen LogP contribution in [0.3, 0.4) is 0 Å². The van der Waals surface area contributed by atoms with Gasteiger partial charge < -0.3 is 19.8 Å². The second-order valence-corrected chi connectivity index (χ2v) is 6.01. The Morgan fingerprint density at radius 3 is 2.54 bits per heavy atom. The van der Waals surface area contributed by atoms with E-state index in [0.29, 0.717) is 5.00 Å². The summed E-state index contributed by atoms with van der Waals surface area (Å²) in [7, 11) is 0. The van der Waals surface area contributed by atoms with Gasteiger partial charge in [-0.1, -0.05) is 12.1 Å². The Kier molecular flexibility index (Phi) is 5.28. The summed E-state index contributed by atoms with van der Waals surface area (Å²) in [4.78, 5) is 24.5. The highest BCUT2D eigenvalue weighted by atomic mass is 32.1. The number of alkyl halides is 2. The number of hydrogen-bond donors (Lipinski definition) is 2. The van der Waals surface area contributed by atoms with Gasteiger partial charge in [-0.2, -0.15) is 8.78 Å². The first-order chi connectivity index (χ1) is 12.5. The lowest BCUT2D eigenvalue weighted by Gasteiger charge is -2.10. The molecule has 0 saturated carbocycles. The van der Waals surface area contributed by atoms with Gasteiger partial charge in [0.05, 0.1) is 21.8 Å². The molecule has 1 aromatic carbocycles. The lowest BCUT2D eigenvalue weighted by Crippen LogP contribution is -2.12. The van der Waals surface area contributed by atoms with Crippen molar-refractivity contribution in [1.29, 1.82) is 0 Å². The highest BCUT2D eigenvalue weighted by Gasteiger charge is 2.16. The second-order valence-electron chi connectivity index (χ2n) is 4.92. The summed E-state index contributed by atoms with van der Waals surface area (Å²) < 4.78 is 34.2. The largest absolute Gasteiger partial charge is 0.459 e. The quantitative estimate of drug-likeness (QED) is 0.664. The molecule has 0 radical (unpaired) electrons. The van der Waals surface area contributed by atoms with Gasteiger partial charge >= 0.3 is 6.61 Å². The topological polar surface area (TPSA) is 80.6 Å². The Morgan fingerprint density at radius 1 is 1.00 bits per heavy atom. The third-order valence-corrected chi connectivity index (χ3v) is 4.16. The Bertz CT molecular complexity index is 909. The van der Waals surface area contributed by atoms with Crippen molar-refractivity contribution in [3.05, 3.63) is 65.4 Å².